The van der Waals surface area contributed by atoms with Gasteiger partial charge in [0, 0.05) is 6.42 Å². The molecule has 1 aliphatic carbocycles. The number of carboxylic acid groups (broad SMARTS) is 1. The molecule has 6 heteroatoms. The van der Waals surface area contributed by atoms with Gasteiger partial charge < -0.3 is 9.84 Å². The zero-order valence-corrected chi connectivity index (χ0v) is 9.74. The summed E-state index contributed by atoms with van der Waals surface area (Å²) in [5, 5.41) is 8.92. The highest BCUT2D eigenvalue weighted by Crippen LogP contribution is 2.19. The average Bonchev–Trinajstić information content (AvgIpc) is 2.16. The van der Waals surface area contributed by atoms with Gasteiger partial charge in [-0.1, -0.05) is 6.08 Å². The molecule has 88 valence electrons. The van der Waals surface area contributed by atoms with Gasteiger partial charge in [0.15, 0.2) is 5.76 Å². The first-order valence-corrected chi connectivity index (χ1v) is 5.77. The molecule has 0 amide bonds. The highest BCUT2D eigenvalue weighted by Gasteiger charge is 2.23. The summed E-state index contributed by atoms with van der Waals surface area (Å²) < 4.78 is 27.1. The first kappa shape index (κ1) is 12.5. The molecule has 0 atom stereocenters. The van der Waals surface area contributed by atoms with Crippen LogP contribution >= 0.6 is 0 Å². The van der Waals surface area contributed by atoms with E-state index in [1.54, 1.807) is 13.8 Å². The quantitative estimate of drug-likeness (QED) is 0.741. The molecule has 0 bridgehead atoms. The van der Waals surface area contributed by atoms with Crippen LogP contribution in [0.15, 0.2) is 23.5 Å². The zero-order valence-electron chi connectivity index (χ0n) is 8.93. The molecule has 0 aromatic heterocycles. The second-order valence-electron chi connectivity index (χ2n) is 3.48. The van der Waals surface area contributed by atoms with Crippen molar-refractivity contribution in [2.45, 2.75) is 26.4 Å². The van der Waals surface area contributed by atoms with E-state index in [1.165, 1.54) is 12.2 Å². The van der Waals surface area contributed by atoms with Gasteiger partial charge >= 0.3 is 5.97 Å². The Hall–Kier alpha value is -1.56. The third-order valence-corrected chi connectivity index (χ3v) is 2.63. The highest BCUT2D eigenvalue weighted by molar-refractivity contribution is 7.73. The second kappa shape index (κ2) is 4.98. The monoisotopic (exact) mass is 244 g/mol. The lowest BCUT2D eigenvalue weighted by atomic mass is 10.0. The van der Waals surface area contributed by atoms with Crippen LogP contribution in [0.3, 0.4) is 0 Å². The summed E-state index contributed by atoms with van der Waals surface area (Å²) >= 11 is 0. The molecule has 16 heavy (non-hydrogen) atoms. The molecule has 0 fully saturated rings. The number of ether oxygens (including phenoxy) is 1. The number of hydrogen-bond donors (Lipinski definition) is 1. The van der Waals surface area contributed by atoms with Crippen molar-refractivity contribution >= 4 is 21.1 Å². The molecule has 1 rings (SSSR count). The molecule has 0 heterocycles. The van der Waals surface area contributed by atoms with E-state index in [-0.39, 0.29) is 28.7 Å². The number of hydrogen-bond acceptors (Lipinski definition) is 4. The molecule has 0 radical (unpaired) electrons. The van der Waals surface area contributed by atoms with Crippen LogP contribution in [-0.4, -0.2) is 30.5 Å². The fourth-order valence-electron chi connectivity index (χ4n) is 1.28. The van der Waals surface area contributed by atoms with Gasteiger partial charge in [0.25, 0.3) is 0 Å². The lowest BCUT2D eigenvalue weighted by molar-refractivity contribution is -0.132. The largest absolute Gasteiger partial charge is 0.489 e. The predicted octanol–water partition coefficient (Wildman–Crippen LogP) is 0.761. The highest BCUT2D eigenvalue weighted by atomic mass is 32.2. The number of carboxylic acids is 1. The normalized spacial score (nSPS) is 15.6. The fraction of sp³-hybridized carbons (Fsp3) is 0.400. The molecule has 1 N–H and O–H groups in total. The molecule has 5 nitrogen and oxygen atoms in total. The maximum Gasteiger partial charge on any atom is 0.339 e. The maximum atomic E-state index is 10.9. The summed E-state index contributed by atoms with van der Waals surface area (Å²) in [7, 11) is -2.47. The minimum absolute atomic E-state index is 0.0198. The Morgan fingerprint density at radius 3 is 2.56 bits per heavy atom. The van der Waals surface area contributed by atoms with Crippen molar-refractivity contribution in [3.63, 3.8) is 0 Å². The minimum Gasteiger partial charge on any atom is -0.489 e. The molecule has 1 aliphatic rings. The fourth-order valence-corrected chi connectivity index (χ4v) is 1.82. The standard InChI is InChI=1S/C10H12O5S/c1-6(2)15-9-7(10(11)12)4-3-5-8(9)16(13)14/h3-4,6H,5H2,1-2H3,(H,11,12). The van der Waals surface area contributed by atoms with Gasteiger partial charge in [-0.3, -0.25) is 0 Å². The second-order valence-corrected chi connectivity index (χ2v) is 4.44. The van der Waals surface area contributed by atoms with Crippen LogP contribution in [-0.2, 0) is 19.8 Å². The van der Waals surface area contributed by atoms with E-state index in [4.69, 9.17) is 9.84 Å². The Morgan fingerprint density at radius 2 is 2.12 bits per heavy atom. The van der Waals surface area contributed by atoms with Crippen molar-refractivity contribution in [1.29, 1.82) is 0 Å². The Kier molecular flexibility index (Phi) is 3.89. The summed E-state index contributed by atoms with van der Waals surface area (Å²) in [6.07, 6.45) is 2.72. The first-order chi connectivity index (χ1) is 7.43. The topological polar surface area (TPSA) is 80.7 Å². The van der Waals surface area contributed by atoms with Crippen molar-refractivity contribution < 1.29 is 23.1 Å². The van der Waals surface area contributed by atoms with E-state index in [0.29, 0.717) is 0 Å². The zero-order chi connectivity index (χ0) is 12.3. The Balaban J connectivity index is 3.36. The van der Waals surface area contributed by atoms with Crippen LogP contribution in [0.4, 0.5) is 0 Å². The van der Waals surface area contributed by atoms with Crippen LogP contribution in [0, 0.1) is 0 Å². The lowest BCUT2D eigenvalue weighted by Gasteiger charge is -2.17. The van der Waals surface area contributed by atoms with Crippen LogP contribution < -0.4 is 0 Å². The van der Waals surface area contributed by atoms with Gasteiger partial charge in [-0.05, 0) is 19.9 Å². The van der Waals surface area contributed by atoms with Crippen LogP contribution in [0.2, 0.25) is 0 Å². The van der Waals surface area contributed by atoms with E-state index in [1.807, 2.05) is 0 Å². The molecule has 0 aromatic rings. The Morgan fingerprint density at radius 1 is 1.50 bits per heavy atom. The molecule has 0 saturated carbocycles. The third kappa shape index (κ3) is 2.73. The molecule has 0 unspecified atom stereocenters. The van der Waals surface area contributed by atoms with Gasteiger partial charge in [0.1, 0.15) is 10.4 Å². The first-order valence-electron chi connectivity index (χ1n) is 4.69. The Labute approximate surface area is 94.6 Å². The molecule has 0 saturated heterocycles. The molecule has 0 aromatic carbocycles. The molecular formula is C10H12O5S. The summed E-state index contributed by atoms with van der Waals surface area (Å²) in [6.45, 7) is 3.41. The predicted molar refractivity (Wildman–Crippen MR) is 58.6 cm³/mol. The number of allylic oxidation sites excluding steroid dienone is 2. The van der Waals surface area contributed by atoms with Crippen LogP contribution in [0.25, 0.3) is 0 Å². The molecule has 0 spiro atoms. The number of carbonyl (C=O) groups is 1. The van der Waals surface area contributed by atoms with Gasteiger partial charge in [-0.2, -0.15) is 8.42 Å². The van der Waals surface area contributed by atoms with E-state index in [9.17, 15) is 13.2 Å². The van der Waals surface area contributed by atoms with Crippen LogP contribution in [0.1, 0.15) is 20.3 Å². The van der Waals surface area contributed by atoms with Crippen molar-refractivity contribution in [1.82, 2.24) is 0 Å². The van der Waals surface area contributed by atoms with Gasteiger partial charge in [0.2, 0.25) is 10.3 Å². The molecule has 0 aliphatic heterocycles. The van der Waals surface area contributed by atoms with E-state index in [0.717, 1.165) is 0 Å². The number of rotatable bonds is 3. The van der Waals surface area contributed by atoms with Crippen molar-refractivity contribution in [3.05, 3.63) is 23.5 Å². The minimum atomic E-state index is -2.47. The van der Waals surface area contributed by atoms with Gasteiger partial charge in [0.05, 0.1) is 6.10 Å². The molecular weight excluding hydrogens is 232 g/mol. The summed E-state index contributed by atoms with van der Waals surface area (Å²) in [5.41, 5.74) is -0.126. The smallest absolute Gasteiger partial charge is 0.339 e. The summed E-state index contributed by atoms with van der Waals surface area (Å²) in [6, 6.07) is 0. The maximum absolute atomic E-state index is 10.9. The SMILES string of the molecule is CC(C)OC1=C(C(=O)O)C=CCC1=S(=O)=O. The van der Waals surface area contributed by atoms with E-state index in [2.05, 4.69) is 0 Å². The van der Waals surface area contributed by atoms with Gasteiger partial charge in [-0.15, -0.1) is 0 Å². The number of aliphatic carboxylic acids is 1. The average molecular weight is 244 g/mol. The van der Waals surface area contributed by atoms with E-state index >= 15 is 0 Å². The van der Waals surface area contributed by atoms with E-state index < -0.39 is 16.3 Å². The third-order valence-electron chi connectivity index (χ3n) is 1.87. The van der Waals surface area contributed by atoms with Crippen molar-refractivity contribution in [2.75, 3.05) is 0 Å². The summed E-state index contributed by atoms with van der Waals surface area (Å²) in [4.78, 5) is 10.9. The van der Waals surface area contributed by atoms with Crippen LogP contribution in [0.5, 0.6) is 0 Å². The lowest BCUT2D eigenvalue weighted by Crippen LogP contribution is -2.19. The van der Waals surface area contributed by atoms with Gasteiger partial charge in [-0.25, -0.2) is 4.79 Å². The Bertz CT molecular complexity index is 485. The summed E-state index contributed by atoms with van der Waals surface area (Å²) in [5.74, 6) is -1.26. The van der Waals surface area contributed by atoms with Crippen molar-refractivity contribution in [3.8, 4) is 0 Å². The van der Waals surface area contributed by atoms with Crippen molar-refractivity contribution in [2.24, 2.45) is 0 Å².